The number of carbonyl (C=O) groups excluding carboxylic acids is 1. The second kappa shape index (κ2) is 3.99. The molecule has 1 saturated heterocycles. The Bertz CT molecular complexity index is 282. The molecular formula is C13H20O2. The number of esters is 1. The van der Waals surface area contributed by atoms with Gasteiger partial charge in [-0.2, -0.15) is 0 Å². The maximum Gasteiger partial charge on any atom is 0.306 e. The molecule has 0 aromatic rings. The summed E-state index contributed by atoms with van der Waals surface area (Å²) in [4.78, 5) is 11.6. The summed E-state index contributed by atoms with van der Waals surface area (Å²) in [6.45, 7) is 6.27. The van der Waals surface area contributed by atoms with Gasteiger partial charge >= 0.3 is 5.97 Å². The lowest BCUT2D eigenvalue weighted by Crippen LogP contribution is -2.40. The van der Waals surface area contributed by atoms with E-state index in [1.54, 1.807) is 0 Å². The zero-order valence-electron chi connectivity index (χ0n) is 9.55. The highest BCUT2D eigenvalue weighted by molar-refractivity contribution is 5.72. The number of ether oxygens (including phenoxy) is 1. The van der Waals surface area contributed by atoms with Crippen molar-refractivity contribution in [2.24, 2.45) is 5.41 Å². The molecule has 2 rings (SSSR count). The van der Waals surface area contributed by atoms with Gasteiger partial charge in [0.2, 0.25) is 0 Å². The van der Waals surface area contributed by atoms with Crippen LogP contribution in [0.5, 0.6) is 0 Å². The highest BCUT2D eigenvalue weighted by atomic mass is 16.5. The number of rotatable bonds is 1. The molecule has 2 unspecified atom stereocenters. The molecule has 1 aliphatic heterocycles. The van der Waals surface area contributed by atoms with Gasteiger partial charge in [-0.05, 0) is 32.1 Å². The van der Waals surface area contributed by atoms with Crippen molar-refractivity contribution < 1.29 is 9.53 Å². The summed E-state index contributed by atoms with van der Waals surface area (Å²) in [6.07, 6.45) is 7.36. The molecule has 15 heavy (non-hydrogen) atoms. The standard InChI is InChI=1S/C13H20O2/c1-3-11-8-13(9-12(14)15-11)7-5-4-6-10(13)2/h11H,2-9H2,1H3. The number of hydrogen-bond donors (Lipinski definition) is 0. The van der Waals surface area contributed by atoms with Crippen LogP contribution in [0.1, 0.15) is 51.9 Å². The summed E-state index contributed by atoms with van der Waals surface area (Å²) in [5.74, 6) is -0.0175. The average Bonchev–Trinajstić information content (AvgIpc) is 2.22. The normalized spacial score (nSPS) is 36.7. The first-order valence-electron chi connectivity index (χ1n) is 6.04. The fraction of sp³-hybridized carbons (Fsp3) is 0.769. The Morgan fingerprint density at radius 2 is 2.33 bits per heavy atom. The smallest absolute Gasteiger partial charge is 0.306 e. The van der Waals surface area contributed by atoms with Crippen LogP contribution in [-0.2, 0) is 9.53 Å². The Kier molecular flexibility index (Phi) is 2.85. The minimum absolute atomic E-state index is 0.0175. The lowest BCUT2D eigenvalue weighted by atomic mass is 9.64. The van der Waals surface area contributed by atoms with Crippen molar-refractivity contribution in [2.75, 3.05) is 0 Å². The van der Waals surface area contributed by atoms with Gasteiger partial charge in [-0.3, -0.25) is 4.79 Å². The fourth-order valence-electron chi connectivity index (χ4n) is 2.98. The van der Waals surface area contributed by atoms with Crippen molar-refractivity contribution in [3.8, 4) is 0 Å². The van der Waals surface area contributed by atoms with Crippen molar-refractivity contribution in [2.45, 2.75) is 58.0 Å². The molecule has 0 N–H and O–H groups in total. The van der Waals surface area contributed by atoms with Crippen molar-refractivity contribution in [1.82, 2.24) is 0 Å². The molecule has 0 amide bonds. The highest BCUT2D eigenvalue weighted by Crippen LogP contribution is 2.49. The monoisotopic (exact) mass is 208 g/mol. The lowest BCUT2D eigenvalue weighted by molar-refractivity contribution is -0.161. The van der Waals surface area contributed by atoms with Gasteiger partial charge in [-0.1, -0.05) is 25.5 Å². The van der Waals surface area contributed by atoms with Crippen LogP contribution in [0.25, 0.3) is 0 Å². The van der Waals surface area contributed by atoms with Gasteiger partial charge in [0, 0.05) is 5.41 Å². The third kappa shape index (κ3) is 1.95. The molecule has 2 atom stereocenters. The van der Waals surface area contributed by atoms with Crippen LogP contribution in [0.4, 0.5) is 0 Å². The second-order valence-corrected chi connectivity index (χ2v) is 4.99. The summed E-state index contributed by atoms with van der Waals surface area (Å²) >= 11 is 0. The van der Waals surface area contributed by atoms with Crippen molar-refractivity contribution >= 4 is 5.97 Å². The molecule has 1 spiro atoms. The van der Waals surface area contributed by atoms with Gasteiger partial charge in [0.25, 0.3) is 0 Å². The van der Waals surface area contributed by atoms with E-state index in [1.165, 1.54) is 18.4 Å². The van der Waals surface area contributed by atoms with Gasteiger partial charge in [-0.25, -0.2) is 0 Å². The molecule has 0 bridgehead atoms. The number of hydrogen-bond acceptors (Lipinski definition) is 2. The molecule has 1 heterocycles. The molecule has 2 heteroatoms. The third-order valence-corrected chi connectivity index (χ3v) is 3.99. The zero-order chi connectivity index (χ0) is 10.9. The van der Waals surface area contributed by atoms with Gasteiger partial charge in [0.05, 0.1) is 6.42 Å². The van der Waals surface area contributed by atoms with E-state index in [0.29, 0.717) is 6.42 Å². The zero-order valence-corrected chi connectivity index (χ0v) is 9.55. The van der Waals surface area contributed by atoms with Crippen LogP contribution in [0, 0.1) is 5.41 Å². The molecule has 1 saturated carbocycles. The van der Waals surface area contributed by atoms with E-state index in [4.69, 9.17) is 4.74 Å². The Morgan fingerprint density at radius 1 is 1.53 bits per heavy atom. The van der Waals surface area contributed by atoms with Gasteiger partial charge < -0.3 is 4.74 Å². The molecule has 2 nitrogen and oxygen atoms in total. The summed E-state index contributed by atoms with van der Waals surface area (Å²) in [5.41, 5.74) is 1.39. The predicted octanol–water partition coefficient (Wildman–Crippen LogP) is 3.22. The van der Waals surface area contributed by atoms with Crippen LogP contribution in [0.2, 0.25) is 0 Å². The van der Waals surface area contributed by atoms with Crippen LogP contribution in [0.3, 0.4) is 0 Å². The molecule has 84 valence electrons. The Balaban J connectivity index is 2.18. The van der Waals surface area contributed by atoms with Crippen LogP contribution >= 0.6 is 0 Å². The highest BCUT2D eigenvalue weighted by Gasteiger charge is 2.43. The molecule has 0 aromatic carbocycles. The molecule has 2 fully saturated rings. The molecule has 0 radical (unpaired) electrons. The van der Waals surface area contributed by atoms with E-state index in [9.17, 15) is 4.79 Å². The maximum absolute atomic E-state index is 11.6. The minimum atomic E-state index is -0.0175. The summed E-state index contributed by atoms with van der Waals surface area (Å²) in [6, 6.07) is 0. The first kappa shape index (κ1) is 10.7. The Morgan fingerprint density at radius 3 is 3.00 bits per heavy atom. The lowest BCUT2D eigenvalue weighted by Gasteiger charge is -2.44. The molecule has 1 aliphatic carbocycles. The average molecular weight is 208 g/mol. The quantitative estimate of drug-likeness (QED) is 0.488. The largest absolute Gasteiger partial charge is 0.462 e. The minimum Gasteiger partial charge on any atom is -0.462 e. The first-order valence-corrected chi connectivity index (χ1v) is 6.04. The summed E-state index contributed by atoms with van der Waals surface area (Å²) in [7, 11) is 0. The first-order chi connectivity index (χ1) is 7.16. The number of allylic oxidation sites excluding steroid dienone is 1. The number of cyclic esters (lactones) is 1. The molecule has 0 aromatic heterocycles. The van der Waals surface area contributed by atoms with Crippen molar-refractivity contribution in [3.05, 3.63) is 12.2 Å². The van der Waals surface area contributed by atoms with E-state index in [0.717, 1.165) is 25.7 Å². The molecule has 2 aliphatic rings. The second-order valence-electron chi connectivity index (χ2n) is 4.99. The van der Waals surface area contributed by atoms with Gasteiger partial charge in [0.1, 0.15) is 6.10 Å². The maximum atomic E-state index is 11.6. The third-order valence-electron chi connectivity index (χ3n) is 3.99. The van der Waals surface area contributed by atoms with E-state index >= 15 is 0 Å². The van der Waals surface area contributed by atoms with Gasteiger partial charge in [-0.15, -0.1) is 0 Å². The van der Waals surface area contributed by atoms with Crippen molar-refractivity contribution in [3.63, 3.8) is 0 Å². The van der Waals surface area contributed by atoms with Crippen LogP contribution < -0.4 is 0 Å². The fourth-order valence-corrected chi connectivity index (χ4v) is 2.98. The van der Waals surface area contributed by atoms with Crippen LogP contribution in [0.15, 0.2) is 12.2 Å². The van der Waals surface area contributed by atoms with Crippen LogP contribution in [-0.4, -0.2) is 12.1 Å². The Hall–Kier alpha value is -0.790. The Labute approximate surface area is 91.7 Å². The van der Waals surface area contributed by atoms with E-state index in [-0.39, 0.29) is 17.5 Å². The van der Waals surface area contributed by atoms with E-state index < -0.39 is 0 Å². The summed E-state index contributed by atoms with van der Waals surface area (Å²) in [5, 5.41) is 0. The SMILES string of the molecule is C=C1CCCCC12CC(=O)OC(CC)C2. The summed E-state index contributed by atoms with van der Waals surface area (Å²) < 4.78 is 5.33. The van der Waals surface area contributed by atoms with E-state index in [1.807, 2.05) is 0 Å². The van der Waals surface area contributed by atoms with Crippen molar-refractivity contribution in [1.29, 1.82) is 0 Å². The topological polar surface area (TPSA) is 26.3 Å². The predicted molar refractivity (Wildman–Crippen MR) is 59.4 cm³/mol. The van der Waals surface area contributed by atoms with E-state index in [2.05, 4.69) is 13.5 Å². The van der Waals surface area contributed by atoms with Gasteiger partial charge in [0.15, 0.2) is 0 Å². The number of carbonyl (C=O) groups is 1. The molecular weight excluding hydrogens is 188 g/mol.